The maximum absolute atomic E-state index is 6.10. The van der Waals surface area contributed by atoms with Crippen molar-refractivity contribution in [3.63, 3.8) is 0 Å². The highest BCUT2D eigenvalue weighted by Gasteiger charge is 2.66. The highest BCUT2D eigenvalue weighted by Crippen LogP contribution is 2.72. The van der Waals surface area contributed by atoms with Gasteiger partial charge in [-0.3, -0.25) is 4.57 Å². The molecular formula is C14H20N4O. The van der Waals surface area contributed by atoms with Gasteiger partial charge in [0.05, 0.1) is 7.11 Å². The van der Waals surface area contributed by atoms with Gasteiger partial charge < -0.3 is 10.5 Å². The maximum Gasteiger partial charge on any atom is 0.215 e. The van der Waals surface area contributed by atoms with Crippen molar-refractivity contribution in [2.45, 2.75) is 33.7 Å². The second-order valence-corrected chi connectivity index (χ2v) is 6.38. The van der Waals surface area contributed by atoms with Gasteiger partial charge in [-0.25, -0.2) is 4.98 Å². The van der Waals surface area contributed by atoms with Crippen LogP contribution >= 0.6 is 0 Å². The number of nitrogen functional groups attached to an aromatic ring is 1. The van der Waals surface area contributed by atoms with Gasteiger partial charge in [-0.2, -0.15) is 4.98 Å². The number of anilines is 1. The van der Waals surface area contributed by atoms with Crippen LogP contribution in [0.4, 0.5) is 5.95 Å². The van der Waals surface area contributed by atoms with Gasteiger partial charge in [0.2, 0.25) is 11.8 Å². The van der Waals surface area contributed by atoms with E-state index in [1.807, 2.05) is 12.1 Å². The first-order chi connectivity index (χ1) is 8.80. The van der Waals surface area contributed by atoms with Crippen LogP contribution in [-0.4, -0.2) is 21.6 Å². The molecule has 1 aliphatic rings. The zero-order valence-electron chi connectivity index (χ0n) is 12.1. The molecule has 2 aromatic heterocycles. The van der Waals surface area contributed by atoms with E-state index in [-0.39, 0.29) is 10.8 Å². The Bertz CT molecular complexity index is 643. The quantitative estimate of drug-likeness (QED) is 0.901. The molecule has 2 heterocycles. The molecule has 5 heteroatoms. The fraction of sp³-hybridized carbons (Fsp3) is 0.571. The number of fused-ring (bicyclic) bond motifs is 1. The van der Waals surface area contributed by atoms with Crippen LogP contribution in [-0.2, 0) is 0 Å². The first-order valence-corrected chi connectivity index (χ1v) is 6.49. The van der Waals surface area contributed by atoms with Crippen LogP contribution in [0.1, 0.15) is 33.7 Å². The molecule has 19 heavy (non-hydrogen) atoms. The number of hydrogen-bond donors (Lipinski definition) is 1. The van der Waals surface area contributed by atoms with Gasteiger partial charge in [0.25, 0.3) is 0 Å². The van der Waals surface area contributed by atoms with Crippen molar-refractivity contribution < 1.29 is 4.74 Å². The Morgan fingerprint density at radius 1 is 1.16 bits per heavy atom. The molecule has 1 aliphatic carbocycles. The minimum atomic E-state index is 0.180. The van der Waals surface area contributed by atoms with Gasteiger partial charge >= 0.3 is 0 Å². The Labute approximate surface area is 112 Å². The van der Waals surface area contributed by atoms with Gasteiger partial charge in [-0.15, -0.1) is 0 Å². The predicted octanol–water partition coefficient (Wildman–Crippen LogP) is 2.63. The third-order valence-electron chi connectivity index (χ3n) is 4.95. The Balaban J connectivity index is 2.22. The molecule has 0 spiro atoms. The summed E-state index contributed by atoms with van der Waals surface area (Å²) < 4.78 is 7.25. The summed E-state index contributed by atoms with van der Waals surface area (Å²) in [6, 6.07) is 4.02. The topological polar surface area (TPSA) is 66.0 Å². The molecule has 0 aliphatic heterocycles. The number of ether oxygens (including phenoxy) is 1. The minimum absolute atomic E-state index is 0.180. The molecule has 1 saturated carbocycles. The van der Waals surface area contributed by atoms with E-state index < -0.39 is 0 Å². The lowest BCUT2D eigenvalue weighted by Crippen LogP contribution is -2.06. The second-order valence-electron chi connectivity index (χ2n) is 6.38. The molecule has 0 bridgehead atoms. The summed E-state index contributed by atoms with van der Waals surface area (Å²) in [6.45, 7) is 9.01. The van der Waals surface area contributed by atoms with Crippen molar-refractivity contribution in [2.75, 3.05) is 12.8 Å². The zero-order chi connectivity index (χ0) is 14.0. The summed E-state index contributed by atoms with van der Waals surface area (Å²) in [6.07, 6.45) is 0. The van der Waals surface area contributed by atoms with Gasteiger partial charge in [0.1, 0.15) is 5.52 Å². The minimum Gasteiger partial charge on any atom is -0.481 e. The second kappa shape index (κ2) is 3.40. The number of rotatable bonds is 2. The summed E-state index contributed by atoms with van der Waals surface area (Å²) in [5.74, 6) is 1.12. The Kier molecular flexibility index (Phi) is 2.20. The normalized spacial score (nSPS) is 20.7. The summed E-state index contributed by atoms with van der Waals surface area (Å²) in [4.78, 5) is 8.91. The number of aromatic nitrogens is 3. The number of hydrogen-bond acceptors (Lipinski definition) is 4. The summed E-state index contributed by atoms with van der Waals surface area (Å²) in [5.41, 5.74) is 8.08. The molecule has 5 nitrogen and oxygen atoms in total. The molecule has 0 aromatic carbocycles. The maximum atomic E-state index is 6.10. The molecule has 0 amide bonds. The number of pyridine rings is 1. The lowest BCUT2D eigenvalue weighted by molar-refractivity contribution is 0.398. The molecule has 1 fully saturated rings. The smallest absolute Gasteiger partial charge is 0.215 e. The van der Waals surface area contributed by atoms with E-state index in [1.54, 1.807) is 7.11 Å². The Hall–Kier alpha value is -1.78. The Morgan fingerprint density at radius 2 is 1.79 bits per heavy atom. The van der Waals surface area contributed by atoms with Crippen molar-refractivity contribution in [1.82, 2.24) is 14.5 Å². The average molecular weight is 260 g/mol. The fourth-order valence-electron chi connectivity index (χ4n) is 3.15. The van der Waals surface area contributed by atoms with E-state index in [9.17, 15) is 0 Å². The van der Waals surface area contributed by atoms with E-state index >= 15 is 0 Å². The van der Waals surface area contributed by atoms with Crippen LogP contribution in [0.2, 0.25) is 0 Å². The largest absolute Gasteiger partial charge is 0.481 e. The monoisotopic (exact) mass is 260 g/mol. The first kappa shape index (κ1) is 12.3. The molecule has 0 atom stereocenters. The van der Waals surface area contributed by atoms with Crippen molar-refractivity contribution in [2.24, 2.45) is 10.8 Å². The van der Waals surface area contributed by atoms with Crippen LogP contribution in [0, 0.1) is 10.8 Å². The molecule has 2 aromatic rings. The molecular weight excluding hydrogens is 240 g/mol. The van der Waals surface area contributed by atoms with E-state index in [0.29, 0.717) is 17.9 Å². The van der Waals surface area contributed by atoms with E-state index in [0.717, 1.165) is 11.2 Å². The third kappa shape index (κ3) is 1.41. The first-order valence-electron chi connectivity index (χ1n) is 6.49. The van der Waals surface area contributed by atoms with Crippen molar-refractivity contribution >= 4 is 17.1 Å². The lowest BCUT2D eigenvalue weighted by Gasteiger charge is -2.08. The molecule has 3 rings (SSSR count). The van der Waals surface area contributed by atoms with Crippen LogP contribution in [0.5, 0.6) is 5.88 Å². The highest BCUT2D eigenvalue weighted by atomic mass is 16.5. The van der Waals surface area contributed by atoms with Crippen molar-refractivity contribution in [3.05, 3.63) is 12.1 Å². The van der Waals surface area contributed by atoms with E-state index in [1.165, 1.54) is 0 Å². The molecule has 0 saturated heterocycles. The van der Waals surface area contributed by atoms with Crippen LogP contribution in [0.15, 0.2) is 12.1 Å². The molecule has 2 N–H and O–H groups in total. The summed E-state index contributed by atoms with van der Waals surface area (Å²) in [5, 5.41) is 0. The van der Waals surface area contributed by atoms with Gasteiger partial charge in [-0.05, 0) is 16.9 Å². The molecule has 102 valence electrons. The SMILES string of the molecule is COc1ccc2nc(N)n(C3C(C)(C)C3(C)C)c2n1. The van der Waals surface area contributed by atoms with Crippen LogP contribution < -0.4 is 10.5 Å². The highest BCUT2D eigenvalue weighted by molar-refractivity contribution is 5.75. The van der Waals surface area contributed by atoms with E-state index in [2.05, 4.69) is 42.2 Å². The number of imidazole rings is 1. The predicted molar refractivity (Wildman–Crippen MR) is 75.1 cm³/mol. The van der Waals surface area contributed by atoms with Crippen LogP contribution in [0.3, 0.4) is 0 Å². The average Bonchev–Trinajstić information content (AvgIpc) is 2.63. The molecule has 0 radical (unpaired) electrons. The summed E-state index contributed by atoms with van der Waals surface area (Å²) >= 11 is 0. The van der Waals surface area contributed by atoms with Crippen LogP contribution in [0.25, 0.3) is 11.2 Å². The van der Waals surface area contributed by atoms with Gasteiger partial charge in [0.15, 0.2) is 5.65 Å². The van der Waals surface area contributed by atoms with Gasteiger partial charge in [0, 0.05) is 12.1 Å². The van der Waals surface area contributed by atoms with Crippen molar-refractivity contribution in [1.29, 1.82) is 0 Å². The van der Waals surface area contributed by atoms with E-state index in [4.69, 9.17) is 10.5 Å². The zero-order valence-corrected chi connectivity index (χ0v) is 12.1. The number of nitrogens with two attached hydrogens (primary N) is 1. The lowest BCUT2D eigenvalue weighted by atomic mass is 10.0. The molecule has 0 unspecified atom stereocenters. The summed E-state index contributed by atoms with van der Waals surface area (Å²) in [7, 11) is 1.61. The third-order valence-corrected chi connectivity index (χ3v) is 4.95. The number of methoxy groups -OCH3 is 1. The fourth-order valence-corrected chi connectivity index (χ4v) is 3.15. The number of nitrogens with zero attached hydrogens (tertiary/aromatic N) is 3. The van der Waals surface area contributed by atoms with Crippen molar-refractivity contribution in [3.8, 4) is 5.88 Å². The van der Waals surface area contributed by atoms with Gasteiger partial charge in [-0.1, -0.05) is 27.7 Å². The Morgan fingerprint density at radius 3 is 2.32 bits per heavy atom. The standard InChI is InChI=1S/C14H20N4O/c1-13(2)11(14(13,3)4)18-10-8(16-12(18)15)6-7-9(17-10)19-5/h6-7,11H,1-5H3,(H2,15,16).